The Bertz CT molecular complexity index is 1900. The molecule has 9 nitrogen and oxygen atoms in total. The minimum absolute atomic E-state index is 0.0450. The average molecular weight is 607 g/mol. The van der Waals surface area contributed by atoms with Crippen LogP contribution in [0.3, 0.4) is 0 Å². The first kappa shape index (κ1) is 29.1. The Hall–Kier alpha value is -4.41. The lowest BCUT2D eigenvalue weighted by molar-refractivity contribution is -0.139. The lowest BCUT2D eigenvalue weighted by Gasteiger charge is -2.26. The third kappa shape index (κ3) is 5.55. The summed E-state index contributed by atoms with van der Waals surface area (Å²) in [5, 5.41) is 9.52. The van der Waals surface area contributed by atoms with Crippen LogP contribution in [0.5, 0.6) is 5.75 Å². The van der Waals surface area contributed by atoms with Crippen LogP contribution in [0.2, 0.25) is 5.02 Å². The molecule has 0 radical (unpaired) electrons. The van der Waals surface area contributed by atoms with Gasteiger partial charge >= 0.3 is 11.9 Å². The van der Waals surface area contributed by atoms with Crippen LogP contribution in [0.25, 0.3) is 17.4 Å². The molecule has 0 saturated heterocycles. The minimum atomic E-state index is -1.15. The zero-order chi connectivity index (χ0) is 30.0. The standard InChI is InChI=1S/C31H27ClN2O7S/c1-4-14-40-24-9-7-6-8-20(24)27-26(30(38)39-5-2)17(3)33-31-34(27)28(35)25(42-31)16-19-11-13-23(41-19)18-10-12-22(32)21(15-18)29(36)37/h6-13,15-16,27H,4-5,14H2,1-3H3,(H,36,37)/b25-16+/t27-/m1/s1. The molecule has 0 amide bonds. The minimum Gasteiger partial charge on any atom is -0.493 e. The maximum atomic E-state index is 13.9. The predicted octanol–water partition coefficient (Wildman–Crippen LogP) is 5.20. The van der Waals surface area contributed by atoms with Crippen LogP contribution in [0.1, 0.15) is 54.9 Å². The number of furan rings is 1. The molecule has 11 heteroatoms. The fourth-order valence-corrected chi connectivity index (χ4v) is 5.92. The zero-order valence-electron chi connectivity index (χ0n) is 23.0. The van der Waals surface area contributed by atoms with Gasteiger partial charge in [-0.15, -0.1) is 0 Å². The number of rotatable bonds is 9. The van der Waals surface area contributed by atoms with Gasteiger partial charge in [0.25, 0.3) is 5.56 Å². The number of hydrogen-bond acceptors (Lipinski definition) is 8. The zero-order valence-corrected chi connectivity index (χ0v) is 24.6. The number of esters is 1. The largest absolute Gasteiger partial charge is 0.493 e. The number of benzene rings is 2. The first-order valence-electron chi connectivity index (χ1n) is 13.3. The van der Waals surface area contributed by atoms with Crippen LogP contribution in [0, 0.1) is 0 Å². The molecular weight excluding hydrogens is 580 g/mol. The Balaban J connectivity index is 1.63. The Morgan fingerprint density at radius 1 is 1.17 bits per heavy atom. The van der Waals surface area contributed by atoms with Crippen molar-refractivity contribution < 1.29 is 28.6 Å². The summed E-state index contributed by atoms with van der Waals surface area (Å²) >= 11 is 7.17. The Kier molecular flexibility index (Phi) is 8.46. The number of carbonyl (C=O) groups excluding carboxylic acids is 1. The fourth-order valence-electron chi connectivity index (χ4n) is 4.69. The van der Waals surface area contributed by atoms with E-state index in [1.807, 2.05) is 31.2 Å². The Labute approximate surface area is 249 Å². The summed E-state index contributed by atoms with van der Waals surface area (Å²) in [6.07, 6.45) is 2.39. The highest BCUT2D eigenvalue weighted by molar-refractivity contribution is 7.07. The number of hydrogen-bond donors (Lipinski definition) is 1. The number of carboxylic acids is 1. The molecule has 1 atom stereocenters. The van der Waals surface area contributed by atoms with Gasteiger partial charge < -0.3 is 19.0 Å². The van der Waals surface area contributed by atoms with E-state index in [1.165, 1.54) is 28.0 Å². The number of aromatic carboxylic acids is 1. The second-order valence-electron chi connectivity index (χ2n) is 9.39. The van der Waals surface area contributed by atoms with Gasteiger partial charge in [0.2, 0.25) is 0 Å². The lowest BCUT2D eigenvalue weighted by atomic mass is 9.95. The van der Waals surface area contributed by atoms with Gasteiger partial charge in [-0.05, 0) is 56.7 Å². The van der Waals surface area contributed by atoms with Gasteiger partial charge in [0.1, 0.15) is 23.3 Å². The summed E-state index contributed by atoms with van der Waals surface area (Å²) in [5.74, 6) is -0.346. The monoisotopic (exact) mass is 606 g/mol. The van der Waals surface area contributed by atoms with Gasteiger partial charge in [-0.3, -0.25) is 9.36 Å². The van der Waals surface area contributed by atoms with Crippen LogP contribution in [0.15, 0.2) is 80.1 Å². The number of ether oxygens (including phenoxy) is 2. The SMILES string of the molecule is CCCOc1ccccc1[C@@H]1C(C(=O)OCC)=C(C)N=c2s/c(=C/c3ccc(-c4ccc(Cl)c(C(=O)O)c4)o3)c(=O)n21. The molecule has 2 aromatic carbocycles. The average Bonchev–Trinajstić information content (AvgIpc) is 3.55. The first-order chi connectivity index (χ1) is 20.2. The highest BCUT2D eigenvalue weighted by Crippen LogP contribution is 2.36. The van der Waals surface area contributed by atoms with E-state index in [1.54, 1.807) is 38.1 Å². The molecule has 3 heterocycles. The van der Waals surface area contributed by atoms with E-state index in [4.69, 9.17) is 25.5 Å². The van der Waals surface area contributed by atoms with Crippen molar-refractivity contribution in [1.29, 1.82) is 0 Å². The van der Waals surface area contributed by atoms with Crippen molar-refractivity contribution in [3.8, 4) is 17.1 Å². The third-order valence-electron chi connectivity index (χ3n) is 6.57. The number of aromatic nitrogens is 1. The van der Waals surface area contributed by atoms with Gasteiger partial charge in [0.05, 0.1) is 39.6 Å². The molecule has 1 N–H and O–H groups in total. The van der Waals surface area contributed by atoms with E-state index in [0.29, 0.717) is 50.0 Å². The number of carbonyl (C=O) groups is 2. The van der Waals surface area contributed by atoms with Crippen molar-refractivity contribution in [2.75, 3.05) is 13.2 Å². The van der Waals surface area contributed by atoms with Gasteiger partial charge in [0.15, 0.2) is 4.80 Å². The number of nitrogens with zero attached hydrogens (tertiary/aromatic N) is 2. The summed E-state index contributed by atoms with van der Waals surface area (Å²) < 4.78 is 19.2. The normalized spacial score (nSPS) is 14.9. The van der Waals surface area contributed by atoms with E-state index in [2.05, 4.69) is 4.99 Å². The highest BCUT2D eigenvalue weighted by atomic mass is 35.5. The predicted molar refractivity (Wildman–Crippen MR) is 159 cm³/mol. The van der Waals surface area contributed by atoms with E-state index < -0.39 is 18.0 Å². The second kappa shape index (κ2) is 12.2. The maximum Gasteiger partial charge on any atom is 0.338 e. The number of carboxylic acid groups (broad SMARTS) is 1. The molecule has 0 fully saturated rings. The highest BCUT2D eigenvalue weighted by Gasteiger charge is 2.35. The van der Waals surface area contributed by atoms with Crippen LogP contribution >= 0.6 is 22.9 Å². The number of fused-ring (bicyclic) bond motifs is 1. The van der Waals surface area contributed by atoms with Gasteiger partial charge in [-0.25, -0.2) is 14.6 Å². The quantitative estimate of drug-likeness (QED) is 0.260. The van der Waals surface area contributed by atoms with Crippen molar-refractivity contribution in [2.24, 2.45) is 4.99 Å². The van der Waals surface area contributed by atoms with E-state index in [0.717, 1.165) is 6.42 Å². The van der Waals surface area contributed by atoms with Gasteiger partial charge in [-0.2, -0.15) is 0 Å². The number of para-hydroxylation sites is 1. The van der Waals surface area contributed by atoms with Crippen molar-refractivity contribution >= 4 is 41.0 Å². The molecule has 0 aliphatic carbocycles. The van der Waals surface area contributed by atoms with E-state index >= 15 is 0 Å². The van der Waals surface area contributed by atoms with E-state index in [-0.39, 0.29) is 28.3 Å². The molecule has 0 saturated carbocycles. The lowest BCUT2D eigenvalue weighted by Crippen LogP contribution is -2.40. The molecule has 42 heavy (non-hydrogen) atoms. The van der Waals surface area contributed by atoms with E-state index in [9.17, 15) is 19.5 Å². The first-order valence-corrected chi connectivity index (χ1v) is 14.5. The number of thiazole rings is 1. The summed E-state index contributed by atoms with van der Waals surface area (Å²) in [4.78, 5) is 43.7. The molecule has 0 bridgehead atoms. The second-order valence-corrected chi connectivity index (χ2v) is 10.8. The number of allylic oxidation sites excluding steroid dienone is 1. The van der Waals surface area contributed by atoms with Crippen molar-refractivity contribution in [1.82, 2.24) is 4.57 Å². The molecule has 2 aromatic heterocycles. The van der Waals surface area contributed by atoms with Gasteiger partial charge in [0, 0.05) is 17.2 Å². The molecular formula is C31H27ClN2O7S. The summed E-state index contributed by atoms with van der Waals surface area (Å²) in [7, 11) is 0. The fraction of sp³-hybridized carbons (Fsp3) is 0.226. The summed E-state index contributed by atoms with van der Waals surface area (Å²) in [5.41, 5.74) is 1.48. The molecule has 1 aliphatic rings. The number of halogens is 1. The summed E-state index contributed by atoms with van der Waals surface area (Å²) in [6.45, 7) is 6.09. The van der Waals surface area contributed by atoms with Crippen LogP contribution in [0.4, 0.5) is 0 Å². The smallest absolute Gasteiger partial charge is 0.338 e. The van der Waals surface area contributed by atoms with Crippen molar-refractivity contribution in [3.05, 3.63) is 107 Å². The van der Waals surface area contributed by atoms with Crippen LogP contribution in [-0.2, 0) is 9.53 Å². The molecule has 5 rings (SSSR count). The van der Waals surface area contributed by atoms with Crippen molar-refractivity contribution in [2.45, 2.75) is 33.2 Å². The Morgan fingerprint density at radius 3 is 2.69 bits per heavy atom. The maximum absolute atomic E-state index is 13.9. The Morgan fingerprint density at radius 2 is 1.95 bits per heavy atom. The van der Waals surface area contributed by atoms with Crippen LogP contribution in [-0.4, -0.2) is 34.8 Å². The molecule has 0 spiro atoms. The molecule has 0 unspecified atom stereocenters. The molecule has 1 aliphatic heterocycles. The molecule has 4 aromatic rings. The van der Waals surface area contributed by atoms with Crippen LogP contribution < -0.4 is 19.6 Å². The van der Waals surface area contributed by atoms with Gasteiger partial charge in [-0.1, -0.05) is 48.1 Å². The summed E-state index contributed by atoms with van der Waals surface area (Å²) in [6, 6.07) is 14.5. The topological polar surface area (TPSA) is 120 Å². The third-order valence-corrected chi connectivity index (χ3v) is 7.89. The molecule has 216 valence electrons. The van der Waals surface area contributed by atoms with Crippen molar-refractivity contribution in [3.63, 3.8) is 0 Å².